The summed E-state index contributed by atoms with van der Waals surface area (Å²) < 4.78 is 5.46. The predicted molar refractivity (Wildman–Crippen MR) is 112 cm³/mol. The van der Waals surface area contributed by atoms with E-state index in [1.165, 1.54) is 0 Å². The van der Waals surface area contributed by atoms with Crippen LogP contribution in [0.25, 0.3) is 0 Å². The number of para-hydroxylation sites is 2. The Morgan fingerprint density at radius 2 is 1.65 bits per heavy atom. The number of aliphatic imine (C=N–C) groups is 2. The van der Waals surface area contributed by atoms with Gasteiger partial charge < -0.3 is 14.5 Å². The minimum Gasteiger partial charge on any atom is -0.378 e. The zero-order valence-corrected chi connectivity index (χ0v) is 16.0. The molecule has 0 aromatic heterocycles. The highest BCUT2D eigenvalue weighted by Gasteiger charge is 2.14. The lowest BCUT2D eigenvalue weighted by Gasteiger charge is -2.27. The Labute approximate surface area is 161 Å². The number of hydrogen-bond donors (Lipinski definition) is 0. The smallest absolute Gasteiger partial charge is 0.226 e. The van der Waals surface area contributed by atoms with Crippen molar-refractivity contribution in [2.75, 3.05) is 45.3 Å². The molecule has 0 unspecified atom stereocenters. The van der Waals surface area contributed by atoms with Gasteiger partial charge in [-0.15, -0.1) is 12.4 Å². The summed E-state index contributed by atoms with van der Waals surface area (Å²) in [5, 5.41) is 0. The van der Waals surface area contributed by atoms with Crippen LogP contribution in [0.4, 0.5) is 11.4 Å². The second-order valence-corrected chi connectivity index (χ2v) is 6.06. The molecule has 0 N–H and O–H groups in total. The molecule has 1 fully saturated rings. The summed E-state index contributed by atoms with van der Waals surface area (Å²) in [5.74, 6) is 0.725. The molecule has 0 bridgehead atoms. The molecule has 138 valence electrons. The summed E-state index contributed by atoms with van der Waals surface area (Å²) in [6.45, 7) is 3.02. The zero-order valence-electron chi connectivity index (χ0n) is 15.2. The molecule has 1 saturated heterocycles. The number of halogens is 1. The first-order chi connectivity index (χ1) is 12.2. The van der Waals surface area contributed by atoms with Crippen molar-refractivity contribution in [3.8, 4) is 0 Å². The van der Waals surface area contributed by atoms with Gasteiger partial charge in [0.15, 0.2) is 0 Å². The standard InChI is InChI=1S/C20H24N4O.ClH/c1-23(2)19-11-7-6-8-17(19)16-21-20(24-12-14-25-15-13-24)22-18-9-4-3-5-10-18;/h3-11,16H,12-15H2,1-2H3;1H. The van der Waals surface area contributed by atoms with Crippen LogP contribution in [0.5, 0.6) is 0 Å². The van der Waals surface area contributed by atoms with Crippen LogP contribution in [0.3, 0.4) is 0 Å². The van der Waals surface area contributed by atoms with Gasteiger partial charge in [0.05, 0.1) is 18.9 Å². The average Bonchev–Trinajstić information content (AvgIpc) is 2.67. The zero-order chi connectivity index (χ0) is 17.5. The summed E-state index contributed by atoms with van der Waals surface area (Å²) in [5.41, 5.74) is 3.11. The van der Waals surface area contributed by atoms with Crippen molar-refractivity contribution in [1.82, 2.24) is 4.90 Å². The van der Waals surface area contributed by atoms with Crippen molar-refractivity contribution in [2.45, 2.75) is 0 Å². The Bertz CT molecular complexity index is 740. The molecule has 5 nitrogen and oxygen atoms in total. The Balaban J connectivity index is 0.00000243. The molecule has 0 saturated carbocycles. The Morgan fingerprint density at radius 3 is 2.35 bits per heavy atom. The van der Waals surface area contributed by atoms with Crippen molar-refractivity contribution in [2.24, 2.45) is 9.98 Å². The maximum absolute atomic E-state index is 5.46. The number of nitrogens with zero attached hydrogens (tertiary/aromatic N) is 4. The highest BCUT2D eigenvalue weighted by molar-refractivity contribution is 5.97. The Kier molecular flexibility index (Phi) is 7.63. The van der Waals surface area contributed by atoms with Crippen LogP contribution in [0.15, 0.2) is 64.6 Å². The van der Waals surface area contributed by atoms with Gasteiger partial charge in [-0.05, 0) is 18.2 Å². The number of ether oxygens (including phenoxy) is 1. The summed E-state index contributed by atoms with van der Waals surface area (Å²) >= 11 is 0. The average molecular weight is 373 g/mol. The monoisotopic (exact) mass is 372 g/mol. The van der Waals surface area contributed by atoms with Crippen LogP contribution in [-0.2, 0) is 4.74 Å². The fourth-order valence-corrected chi connectivity index (χ4v) is 2.69. The largest absolute Gasteiger partial charge is 0.378 e. The van der Waals surface area contributed by atoms with Crippen LogP contribution in [0.2, 0.25) is 0 Å². The van der Waals surface area contributed by atoms with Crippen LogP contribution < -0.4 is 4.90 Å². The van der Waals surface area contributed by atoms with E-state index in [1.807, 2.05) is 62.8 Å². The number of rotatable bonds is 3. The number of hydrogen-bond acceptors (Lipinski definition) is 3. The Morgan fingerprint density at radius 1 is 1.00 bits per heavy atom. The molecule has 0 radical (unpaired) electrons. The summed E-state index contributed by atoms with van der Waals surface area (Å²) in [6, 6.07) is 18.2. The maximum Gasteiger partial charge on any atom is 0.226 e. The van der Waals surface area contributed by atoms with Crippen LogP contribution >= 0.6 is 12.4 Å². The molecule has 2 aromatic rings. The summed E-state index contributed by atoms with van der Waals surface area (Å²) in [6.07, 6.45) is 1.90. The molecular formula is C20H25ClN4O. The lowest BCUT2D eigenvalue weighted by molar-refractivity contribution is 0.0676. The lowest BCUT2D eigenvalue weighted by atomic mass is 10.2. The van der Waals surface area contributed by atoms with Crippen molar-refractivity contribution < 1.29 is 4.74 Å². The lowest BCUT2D eigenvalue weighted by Crippen LogP contribution is -2.40. The van der Waals surface area contributed by atoms with E-state index in [0.717, 1.165) is 36.0 Å². The van der Waals surface area contributed by atoms with Gasteiger partial charge in [-0.1, -0.05) is 36.4 Å². The molecule has 0 atom stereocenters. The van der Waals surface area contributed by atoms with Gasteiger partial charge in [-0.25, -0.2) is 9.98 Å². The van der Waals surface area contributed by atoms with Gasteiger partial charge in [-0.2, -0.15) is 0 Å². The molecule has 6 heteroatoms. The number of guanidine groups is 1. The van der Waals surface area contributed by atoms with Gasteiger partial charge in [0.2, 0.25) is 5.96 Å². The molecule has 3 rings (SSSR count). The van der Waals surface area contributed by atoms with Gasteiger partial charge in [0.25, 0.3) is 0 Å². The number of benzene rings is 2. The van der Waals surface area contributed by atoms with Gasteiger partial charge in [0, 0.05) is 44.7 Å². The molecule has 1 aliphatic rings. The molecule has 0 spiro atoms. The van der Waals surface area contributed by atoms with E-state index in [0.29, 0.717) is 13.2 Å². The minimum absolute atomic E-state index is 0. The van der Waals surface area contributed by atoms with Crippen LogP contribution in [0, 0.1) is 0 Å². The minimum atomic E-state index is 0. The van der Waals surface area contributed by atoms with Crippen molar-refractivity contribution in [3.63, 3.8) is 0 Å². The molecular weight excluding hydrogens is 348 g/mol. The van der Waals surface area contributed by atoms with E-state index >= 15 is 0 Å². The van der Waals surface area contributed by atoms with E-state index in [9.17, 15) is 0 Å². The first-order valence-electron chi connectivity index (χ1n) is 8.51. The molecule has 2 aromatic carbocycles. The highest BCUT2D eigenvalue weighted by Crippen LogP contribution is 2.17. The van der Waals surface area contributed by atoms with Crippen LogP contribution in [-0.4, -0.2) is 57.5 Å². The predicted octanol–water partition coefficient (Wildman–Crippen LogP) is 3.61. The second-order valence-electron chi connectivity index (χ2n) is 6.06. The summed E-state index contributed by atoms with van der Waals surface area (Å²) in [7, 11) is 4.07. The molecule has 1 heterocycles. The van der Waals surface area contributed by atoms with Gasteiger partial charge in [0.1, 0.15) is 0 Å². The number of morpholine rings is 1. The van der Waals surface area contributed by atoms with Crippen molar-refractivity contribution in [3.05, 3.63) is 60.2 Å². The van der Waals surface area contributed by atoms with Crippen molar-refractivity contribution >= 4 is 36.0 Å². The fraction of sp³-hybridized carbons (Fsp3) is 0.300. The highest BCUT2D eigenvalue weighted by atomic mass is 35.5. The molecule has 0 aliphatic carbocycles. The van der Waals surface area contributed by atoms with Crippen molar-refractivity contribution in [1.29, 1.82) is 0 Å². The topological polar surface area (TPSA) is 40.4 Å². The number of anilines is 1. The van der Waals surface area contributed by atoms with Gasteiger partial charge in [-0.3, -0.25) is 0 Å². The third-order valence-electron chi connectivity index (χ3n) is 4.02. The summed E-state index contributed by atoms with van der Waals surface area (Å²) in [4.78, 5) is 13.7. The first-order valence-corrected chi connectivity index (χ1v) is 8.51. The third-order valence-corrected chi connectivity index (χ3v) is 4.02. The fourth-order valence-electron chi connectivity index (χ4n) is 2.69. The SMILES string of the molecule is CN(C)c1ccccc1C=NC(=Nc1ccccc1)N1CCOCC1.Cl. The van der Waals surface area contributed by atoms with E-state index < -0.39 is 0 Å². The third kappa shape index (κ3) is 5.31. The van der Waals surface area contributed by atoms with E-state index in [-0.39, 0.29) is 12.4 Å². The normalized spacial score (nSPS) is 15.0. The molecule has 1 aliphatic heterocycles. The maximum atomic E-state index is 5.46. The first kappa shape index (κ1) is 19.9. The quantitative estimate of drug-likeness (QED) is 0.610. The van der Waals surface area contributed by atoms with E-state index in [4.69, 9.17) is 14.7 Å². The van der Waals surface area contributed by atoms with Gasteiger partial charge >= 0.3 is 0 Å². The van der Waals surface area contributed by atoms with E-state index in [2.05, 4.69) is 21.9 Å². The molecule has 26 heavy (non-hydrogen) atoms. The van der Waals surface area contributed by atoms with E-state index in [1.54, 1.807) is 0 Å². The van der Waals surface area contributed by atoms with Crippen LogP contribution in [0.1, 0.15) is 5.56 Å². The molecule has 0 amide bonds. The second kappa shape index (κ2) is 9.94. The Hall–Kier alpha value is -2.37.